The molecule has 0 radical (unpaired) electrons. The standard InChI is InChI=1S/C18H17ClN4OS/c1-11-6-3-4-7-13(11)17-21-18(23-22-17)25-10-16(24)20-15-9-5-8-14(19)12(15)2/h3-9H,10H2,1-2H3,(H,20,24)(H,21,22,23). The number of thioether (sulfide) groups is 1. The van der Waals surface area contributed by atoms with Gasteiger partial charge in [0, 0.05) is 16.3 Å². The lowest BCUT2D eigenvalue weighted by Gasteiger charge is -2.08. The van der Waals surface area contributed by atoms with Crippen LogP contribution < -0.4 is 5.32 Å². The highest BCUT2D eigenvalue weighted by molar-refractivity contribution is 7.99. The minimum atomic E-state index is -0.127. The molecule has 0 fully saturated rings. The largest absolute Gasteiger partial charge is 0.325 e. The number of aryl methyl sites for hydroxylation is 1. The van der Waals surface area contributed by atoms with E-state index in [4.69, 9.17) is 11.6 Å². The number of rotatable bonds is 5. The third-order valence-electron chi connectivity index (χ3n) is 3.74. The number of nitrogens with one attached hydrogen (secondary N) is 2. The molecule has 0 bridgehead atoms. The fourth-order valence-corrected chi connectivity index (χ4v) is 3.10. The smallest absolute Gasteiger partial charge is 0.234 e. The van der Waals surface area contributed by atoms with Crippen LogP contribution in [0.25, 0.3) is 11.4 Å². The summed E-state index contributed by atoms with van der Waals surface area (Å²) in [5.41, 5.74) is 3.68. The number of halogens is 1. The van der Waals surface area contributed by atoms with Crippen LogP contribution in [0.1, 0.15) is 11.1 Å². The van der Waals surface area contributed by atoms with Gasteiger partial charge in [-0.2, -0.15) is 0 Å². The number of aromatic nitrogens is 3. The SMILES string of the molecule is Cc1ccccc1-c1nc(SCC(=O)Nc2cccc(Cl)c2C)n[nH]1. The Morgan fingerprint density at radius 1 is 1.20 bits per heavy atom. The second-order valence-corrected chi connectivity index (χ2v) is 6.88. The van der Waals surface area contributed by atoms with Gasteiger partial charge in [-0.05, 0) is 37.1 Å². The van der Waals surface area contributed by atoms with E-state index in [1.54, 1.807) is 6.07 Å². The monoisotopic (exact) mass is 372 g/mol. The van der Waals surface area contributed by atoms with Crippen LogP contribution >= 0.6 is 23.4 Å². The molecule has 0 aliphatic rings. The lowest BCUT2D eigenvalue weighted by atomic mass is 10.1. The molecule has 2 N–H and O–H groups in total. The molecule has 3 aromatic rings. The molecule has 1 amide bonds. The first kappa shape index (κ1) is 17.5. The number of carbonyl (C=O) groups excluding carboxylic acids is 1. The van der Waals surface area contributed by atoms with Crippen LogP contribution in [0, 0.1) is 13.8 Å². The Balaban J connectivity index is 1.62. The fourth-order valence-electron chi connectivity index (χ4n) is 2.33. The number of amides is 1. The van der Waals surface area contributed by atoms with Gasteiger partial charge in [-0.3, -0.25) is 9.89 Å². The number of hydrogen-bond acceptors (Lipinski definition) is 4. The van der Waals surface area contributed by atoms with Crippen molar-refractivity contribution in [2.24, 2.45) is 0 Å². The van der Waals surface area contributed by atoms with Crippen LogP contribution in [0.2, 0.25) is 5.02 Å². The Morgan fingerprint density at radius 2 is 2.00 bits per heavy atom. The third kappa shape index (κ3) is 4.21. The van der Waals surface area contributed by atoms with Gasteiger partial charge in [0.15, 0.2) is 5.82 Å². The molecule has 0 saturated heterocycles. The zero-order valence-corrected chi connectivity index (χ0v) is 15.4. The van der Waals surface area contributed by atoms with Gasteiger partial charge in [-0.1, -0.05) is 53.7 Å². The van der Waals surface area contributed by atoms with Crippen LogP contribution in [0.5, 0.6) is 0 Å². The van der Waals surface area contributed by atoms with E-state index >= 15 is 0 Å². The Kier molecular flexibility index (Phi) is 5.40. The number of aromatic amines is 1. The highest BCUT2D eigenvalue weighted by Gasteiger charge is 2.11. The summed E-state index contributed by atoms with van der Waals surface area (Å²) in [6.07, 6.45) is 0. The summed E-state index contributed by atoms with van der Waals surface area (Å²) in [6.45, 7) is 3.89. The molecule has 25 heavy (non-hydrogen) atoms. The number of hydrogen-bond donors (Lipinski definition) is 2. The molecule has 0 aliphatic carbocycles. The Labute approximate surface area is 155 Å². The van der Waals surface area contributed by atoms with Crippen molar-refractivity contribution in [3.05, 3.63) is 58.6 Å². The minimum Gasteiger partial charge on any atom is -0.325 e. The Morgan fingerprint density at radius 3 is 2.80 bits per heavy atom. The summed E-state index contributed by atoms with van der Waals surface area (Å²) in [4.78, 5) is 16.6. The first-order chi connectivity index (χ1) is 12.0. The zero-order valence-electron chi connectivity index (χ0n) is 13.8. The predicted octanol–water partition coefficient (Wildman–Crippen LogP) is 4.47. The van der Waals surface area contributed by atoms with Crippen LogP contribution in [0.3, 0.4) is 0 Å². The van der Waals surface area contributed by atoms with Gasteiger partial charge in [0.05, 0.1) is 5.75 Å². The molecule has 0 atom stereocenters. The molecule has 128 valence electrons. The maximum absolute atomic E-state index is 12.1. The molecule has 0 aliphatic heterocycles. The second kappa shape index (κ2) is 7.72. The average molecular weight is 373 g/mol. The molecule has 0 spiro atoms. The molecule has 3 rings (SSSR count). The van der Waals surface area contributed by atoms with Gasteiger partial charge < -0.3 is 5.32 Å². The molecule has 2 aromatic carbocycles. The van der Waals surface area contributed by atoms with E-state index in [-0.39, 0.29) is 11.7 Å². The number of benzene rings is 2. The van der Waals surface area contributed by atoms with Gasteiger partial charge in [0.25, 0.3) is 0 Å². The van der Waals surface area contributed by atoms with Gasteiger partial charge >= 0.3 is 0 Å². The van der Waals surface area contributed by atoms with Gasteiger partial charge in [0.2, 0.25) is 11.1 Å². The van der Waals surface area contributed by atoms with E-state index in [9.17, 15) is 4.79 Å². The van der Waals surface area contributed by atoms with Crippen LogP contribution in [0.15, 0.2) is 47.6 Å². The van der Waals surface area contributed by atoms with Crippen molar-refractivity contribution in [3.63, 3.8) is 0 Å². The molecular formula is C18H17ClN4OS. The molecule has 1 heterocycles. The number of nitrogens with zero attached hydrogens (tertiary/aromatic N) is 2. The fraction of sp³-hybridized carbons (Fsp3) is 0.167. The van der Waals surface area contributed by atoms with Gasteiger partial charge in [0.1, 0.15) is 0 Å². The second-order valence-electron chi connectivity index (χ2n) is 5.53. The van der Waals surface area contributed by atoms with E-state index in [0.717, 1.165) is 16.7 Å². The maximum atomic E-state index is 12.1. The average Bonchev–Trinajstić information content (AvgIpc) is 3.06. The van der Waals surface area contributed by atoms with Crippen LogP contribution in [-0.4, -0.2) is 26.8 Å². The lowest BCUT2D eigenvalue weighted by molar-refractivity contribution is -0.113. The van der Waals surface area contributed by atoms with Crippen molar-refractivity contribution in [1.82, 2.24) is 15.2 Å². The first-order valence-electron chi connectivity index (χ1n) is 7.71. The number of H-pyrrole nitrogens is 1. The summed E-state index contributed by atoms with van der Waals surface area (Å²) < 4.78 is 0. The maximum Gasteiger partial charge on any atom is 0.234 e. The van der Waals surface area contributed by atoms with Crippen molar-refractivity contribution >= 4 is 35.0 Å². The van der Waals surface area contributed by atoms with Crippen molar-refractivity contribution in [2.75, 3.05) is 11.1 Å². The highest BCUT2D eigenvalue weighted by atomic mass is 35.5. The quantitative estimate of drug-likeness (QED) is 0.648. The van der Waals surface area contributed by atoms with Crippen LogP contribution in [0.4, 0.5) is 5.69 Å². The van der Waals surface area contributed by atoms with Gasteiger partial charge in [-0.25, -0.2) is 4.98 Å². The number of carbonyl (C=O) groups is 1. The van der Waals surface area contributed by atoms with E-state index in [2.05, 4.69) is 20.5 Å². The molecule has 5 nitrogen and oxygen atoms in total. The van der Waals surface area contributed by atoms with Crippen LogP contribution in [-0.2, 0) is 4.79 Å². The topological polar surface area (TPSA) is 70.7 Å². The van der Waals surface area contributed by atoms with E-state index in [0.29, 0.717) is 21.7 Å². The van der Waals surface area contributed by atoms with Crippen molar-refractivity contribution in [2.45, 2.75) is 19.0 Å². The molecular weight excluding hydrogens is 356 g/mol. The molecule has 1 aromatic heterocycles. The van der Waals surface area contributed by atoms with E-state index < -0.39 is 0 Å². The minimum absolute atomic E-state index is 0.127. The lowest BCUT2D eigenvalue weighted by Crippen LogP contribution is -2.15. The van der Waals surface area contributed by atoms with Crippen molar-refractivity contribution < 1.29 is 4.79 Å². The summed E-state index contributed by atoms with van der Waals surface area (Å²) in [6, 6.07) is 13.4. The van der Waals surface area contributed by atoms with E-state index in [1.165, 1.54) is 11.8 Å². The summed E-state index contributed by atoms with van der Waals surface area (Å²) >= 11 is 7.34. The Hall–Kier alpha value is -2.31. The summed E-state index contributed by atoms with van der Waals surface area (Å²) in [7, 11) is 0. The Bertz CT molecular complexity index is 910. The summed E-state index contributed by atoms with van der Waals surface area (Å²) in [5.74, 6) is 0.793. The highest BCUT2D eigenvalue weighted by Crippen LogP contribution is 2.24. The molecule has 0 unspecified atom stereocenters. The molecule has 0 saturated carbocycles. The summed E-state index contributed by atoms with van der Waals surface area (Å²) in [5, 5.41) is 11.1. The van der Waals surface area contributed by atoms with Crippen molar-refractivity contribution in [1.29, 1.82) is 0 Å². The first-order valence-corrected chi connectivity index (χ1v) is 9.07. The zero-order chi connectivity index (χ0) is 17.8. The van der Waals surface area contributed by atoms with Gasteiger partial charge in [-0.15, -0.1) is 5.10 Å². The molecule has 7 heteroatoms. The third-order valence-corrected chi connectivity index (χ3v) is 5.00. The van der Waals surface area contributed by atoms with E-state index in [1.807, 2.05) is 50.2 Å². The number of anilines is 1. The predicted molar refractivity (Wildman–Crippen MR) is 102 cm³/mol. The normalized spacial score (nSPS) is 10.7. The van der Waals surface area contributed by atoms with Crippen molar-refractivity contribution in [3.8, 4) is 11.4 Å².